The van der Waals surface area contributed by atoms with E-state index in [4.69, 9.17) is 0 Å². The van der Waals surface area contributed by atoms with Crippen LogP contribution in [0.1, 0.15) is 16.7 Å². The molecule has 0 aliphatic rings. The fraction of sp³-hybridized carbons (Fsp3) is 0.278. The summed E-state index contributed by atoms with van der Waals surface area (Å²) in [6.45, 7) is 2.70. The van der Waals surface area contributed by atoms with Crippen molar-refractivity contribution in [3.05, 3.63) is 65.2 Å². The maximum Gasteiger partial charge on any atom is 0.418 e. The molecule has 0 heterocycles. The molecule has 0 aliphatic heterocycles. The number of halogens is 3. The summed E-state index contributed by atoms with van der Waals surface area (Å²) in [4.78, 5) is 12.9. The van der Waals surface area contributed by atoms with Gasteiger partial charge in [-0.25, -0.2) is 0 Å². The van der Waals surface area contributed by atoms with Gasteiger partial charge >= 0.3 is 6.18 Å². The van der Waals surface area contributed by atoms with Gasteiger partial charge in [0.25, 0.3) is 5.91 Å². The Kier molecular flexibility index (Phi) is 5.62. The van der Waals surface area contributed by atoms with Gasteiger partial charge in [-0.2, -0.15) is 13.2 Å². The van der Waals surface area contributed by atoms with Crippen molar-refractivity contribution in [3.63, 3.8) is 0 Å². The van der Waals surface area contributed by atoms with E-state index in [1.807, 2.05) is 38.2 Å². The average molecular weight is 337 g/mol. The molecule has 128 valence electrons. The largest absolute Gasteiger partial charge is 0.418 e. The predicted octanol–water partition coefficient (Wildman–Crippen LogP) is 2.67. The molecule has 1 unspecified atom stereocenters. The number of para-hydroxylation sites is 1. The van der Waals surface area contributed by atoms with Crippen LogP contribution in [0, 0.1) is 6.92 Å². The minimum absolute atomic E-state index is 0.0834. The van der Waals surface area contributed by atoms with Crippen LogP contribution < -0.4 is 10.2 Å². The summed E-state index contributed by atoms with van der Waals surface area (Å²) in [5.74, 6) is -0.448. The lowest BCUT2D eigenvalue weighted by Crippen LogP contribution is -3.08. The van der Waals surface area contributed by atoms with Crippen LogP contribution in [-0.4, -0.2) is 19.5 Å². The van der Waals surface area contributed by atoms with Crippen LogP contribution in [0.2, 0.25) is 0 Å². The summed E-state index contributed by atoms with van der Waals surface area (Å²) in [7, 11) is 1.83. The second-order valence-electron chi connectivity index (χ2n) is 5.89. The molecule has 0 radical (unpaired) electrons. The molecule has 0 fully saturated rings. The number of nitrogens with one attached hydrogen (secondary N) is 2. The van der Waals surface area contributed by atoms with Crippen LogP contribution in [0.4, 0.5) is 18.9 Å². The van der Waals surface area contributed by atoms with E-state index in [9.17, 15) is 18.0 Å². The molecule has 2 N–H and O–H groups in total. The minimum Gasteiger partial charge on any atom is -0.326 e. The van der Waals surface area contributed by atoms with Crippen molar-refractivity contribution in [2.24, 2.45) is 0 Å². The topological polar surface area (TPSA) is 33.5 Å². The second kappa shape index (κ2) is 7.49. The molecular formula is C18H20F3N2O+. The molecule has 0 bridgehead atoms. The molecule has 0 saturated carbocycles. The Morgan fingerprint density at radius 1 is 1.08 bits per heavy atom. The third-order valence-electron chi connectivity index (χ3n) is 3.60. The average Bonchev–Trinajstić information content (AvgIpc) is 2.49. The van der Waals surface area contributed by atoms with E-state index in [1.54, 1.807) is 0 Å². The van der Waals surface area contributed by atoms with Gasteiger partial charge in [0.15, 0.2) is 6.54 Å². The van der Waals surface area contributed by atoms with Crippen molar-refractivity contribution in [1.82, 2.24) is 0 Å². The van der Waals surface area contributed by atoms with Gasteiger partial charge in [0.1, 0.15) is 6.54 Å². The fourth-order valence-electron chi connectivity index (χ4n) is 2.42. The first-order valence-corrected chi connectivity index (χ1v) is 7.58. The first-order chi connectivity index (χ1) is 11.3. The SMILES string of the molecule is Cc1ccc(C[NH+](C)CC(=O)Nc2ccccc2C(F)(F)F)cc1. The van der Waals surface area contributed by atoms with Gasteiger partial charge in [-0.1, -0.05) is 42.0 Å². The van der Waals surface area contributed by atoms with Crippen molar-refractivity contribution in [1.29, 1.82) is 0 Å². The van der Waals surface area contributed by atoms with Crippen LogP contribution in [-0.2, 0) is 17.5 Å². The van der Waals surface area contributed by atoms with E-state index >= 15 is 0 Å². The zero-order chi connectivity index (χ0) is 17.7. The van der Waals surface area contributed by atoms with Crippen LogP contribution >= 0.6 is 0 Å². The van der Waals surface area contributed by atoms with Gasteiger partial charge in [-0.05, 0) is 19.1 Å². The number of carbonyl (C=O) groups is 1. The smallest absolute Gasteiger partial charge is 0.326 e. The quantitative estimate of drug-likeness (QED) is 0.864. The lowest BCUT2D eigenvalue weighted by Gasteiger charge is -2.16. The predicted molar refractivity (Wildman–Crippen MR) is 86.7 cm³/mol. The number of benzene rings is 2. The van der Waals surface area contributed by atoms with Crippen molar-refractivity contribution in [2.75, 3.05) is 18.9 Å². The third-order valence-corrected chi connectivity index (χ3v) is 3.60. The highest BCUT2D eigenvalue weighted by Crippen LogP contribution is 2.34. The molecule has 2 rings (SSSR count). The first-order valence-electron chi connectivity index (χ1n) is 7.58. The van der Waals surface area contributed by atoms with Crippen molar-refractivity contribution in [3.8, 4) is 0 Å². The highest BCUT2D eigenvalue weighted by molar-refractivity contribution is 5.92. The minimum atomic E-state index is -4.50. The lowest BCUT2D eigenvalue weighted by molar-refractivity contribution is -0.885. The fourth-order valence-corrected chi connectivity index (χ4v) is 2.42. The molecular weight excluding hydrogens is 317 g/mol. The van der Waals surface area contributed by atoms with Crippen molar-refractivity contribution in [2.45, 2.75) is 19.6 Å². The Balaban J connectivity index is 1.97. The normalized spacial score (nSPS) is 12.7. The number of anilines is 1. The van der Waals surface area contributed by atoms with Gasteiger partial charge in [-0.15, -0.1) is 0 Å². The maximum absolute atomic E-state index is 12.9. The molecule has 2 aromatic rings. The molecule has 0 aliphatic carbocycles. The van der Waals surface area contributed by atoms with Crippen LogP contribution in [0.15, 0.2) is 48.5 Å². The van der Waals surface area contributed by atoms with E-state index in [1.165, 1.54) is 18.2 Å². The first kappa shape index (κ1) is 18.0. The molecule has 0 spiro atoms. The van der Waals surface area contributed by atoms with Gasteiger partial charge in [0.2, 0.25) is 0 Å². The number of hydrogen-bond acceptors (Lipinski definition) is 1. The van der Waals surface area contributed by atoms with Crippen molar-refractivity contribution >= 4 is 11.6 Å². The van der Waals surface area contributed by atoms with Gasteiger partial charge in [-0.3, -0.25) is 4.79 Å². The Morgan fingerprint density at radius 3 is 2.33 bits per heavy atom. The van der Waals surface area contributed by atoms with Gasteiger partial charge < -0.3 is 10.2 Å². The maximum atomic E-state index is 12.9. The molecule has 0 aromatic heterocycles. The molecule has 24 heavy (non-hydrogen) atoms. The monoisotopic (exact) mass is 337 g/mol. The van der Waals surface area contributed by atoms with E-state index in [2.05, 4.69) is 5.32 Å². The summed E-state index contributed by atoms with van der Waals surface area (Å²) < 4.78 is 38.8. The summed E-state index contributed by atoms with van der Waals surface area (Å²) in [5, 5.41) is 2.36. The van der Waals surface area contributed by atoms with E-state index in [0.717, 1.165) is 22.1 Å². The summed E-state index contributed by atoms with van der Waals surface area (Å²) >= 11 is 0. The highest BCUT2D eigenvalue weighted by atomic mass is 19.4. The van der Waals surface area contributed by atoms with E-state index < -0.39 is 17.6 Å². The second-order valence-corrected chi connectivity index (χ2v) is 5.89. The molecule has 6 heteroatoms. The number of hydrogen-bond donors (Lipinski definition) is 2. The van der Waals surface area contributed by atoms with Gasteiger partial charge in [0.05, 0.1) is 18.3 Å². The number of carbonyl (C=O) groups excluding carboxylic acids is 1. The van der Waals surface area contributed by atoms with Crippen molar-refractivity contribution < 1.29 is 22.9 Å². The van der Waals surface area contributed by atoms with Crippen LogP contribution in [0.25, 0.3) is 0 Å². The van der Waals surface area contributed by atoms with Gasteiger partial charge in [0, 0.05) is 5.56 Å². The van der Waals surface area contributed by atoms with Crippen LogP contribution in [0.3, 0.4) is 0 Å². The highest BCUT2D eigenvalue weighted by Gasteiger charge is 2.33. The number of likely N-dealkylation sites (N-methyl/N-ethyl adjacent to an activating group) is 1. The lowest BCUT2D eigenvalue weighted by atomic mass is 10.1. The molecule has 3 nitrogen and oxygen atoms in total. The molecule has 0 saturated heterocycles. The van der Waals surface area contributed by atoms with E-state index in [-0.39, 0.29) is 12.2 Å². The number of amides is 1. The van der Waals surface area contributed by atoms with E-state index in [0.29, 0.717) is 6.54 Å². The zero-order valence-corrected chi connectivity index (χ0v) is 13.6. The molecule has 2 aromatic carbocycles. The summed E-state index contributed by atoms with van der Waals surface area (Å²) in [6, 6.07) is 12.9. The summed E-state index contributed by atoms with van der Waals surface area (Å²) in [6.07, 6.45) is -4.50. The molecule has 1 atom stereocenters. The Bertz CT molecular complexity index is 696. The number of alkyl halides is 3. The standard InChI is InChI=1S/C18H19F3N2O/c1-13-7-9-14(10-8-13)11-23(2)12-17(24)22-16-6-4-3-5-15(16)18(19,20)21/h3-10H,11-12H2,1-2H3,(H,22,24)/p+1. The Morgan fingerprint density at radius 2 is 1.71 bits per heavy atom. The Labute approximate surface area is 139 Å². The number of rotatable bonds is 5. The third kappa shape index (κ3) is 5.09. The van der Waals surface area contributed by atoms with Crippen LogP contribution in [0.5, 0.6) is 0 Å². The zero-order valence-electron chi connectivity index (χ0n) is 13.6. The summed E-state index contributed by atoms with van der Waals surface area (Å²) in [5.41, 5.74) is 1.17. The Hall–Kier alpha value is -2.34. The number of aryl methyl sites for hydroxylation is 1. The number of quaternary nitrogens is 1. The molecule has 1 amide bonds.